The van der Waals surface area contributed by atoms with Crippen LogP contribution in [0.15, 0.2) is 53.4 Å². The first kappa shape index (κ1) is 19.0. The van der Waals surface area contributed by atoms with Crippen LogP contribution in [0.2, 0.25) is 0 Å². The first-order valence-electron chi connectivity index (χ1n) is 7.83. The van der Waals surface area contributed by atoms with Gasteiger partial charge >= 0.3 is 0 Å². The molecule has 134 valence electrons. The maximum atomic E-state index is 12.8. The molecule has 0 saturated heterocycles. The van der Waals surface area contributed by atoms with Crippen LogP contribution in [0.4, 0.5) is 5.69 Å². The van der Waals surface area contributed by atoms with Crippen molar-refractivity contribution in [1.29, 1.82) is 0 Å². The molecular weight excluding hydrogens is 340 g/mol. The SMILES string of the molecule is CC(=O)Nc1ccc(C)c(S(=O)(=O)N(C)CCOc2ccccc2)c1. The van der Waals surface area contributed by atoms with Crippen LogP contribution in [0.3, 0.4) is 0 Å². The van der Waals surface area contributed by atoms with E-state index in [1.54, 1.807) is 19.1 Å². The molecule has 0 aromatic heterocycles. The van der Waals surface area contributed by atoms with Crippen molar-refractivity contribution in [3.05, 3.63) is 54.1 Å². The third-order valence-corrected chi connectivity index (χ3v) is 5.61. The average molecular weight is 362 g/mol. The summed E-state index contributed by atoms with van der Waals surface area (Å²) in [6.07, 6.45) is 0. The quantitative estimate of drug-likeness (QED) is 0.822. The number of benzene rings is 2. The monoisotopic (exact) mass is 362 g/mol. The normalized spacial score (nSPS) is 11.4. The molecule has 0 radical (unpaired) electrons. The zero-order valence-electron chi connectivity index (χ0n) is 14.5. The first-order chi connectivity index (χ1) is 11.8. The number of nitrogens with one attached hydrogen (secondary N) is 1. The van der Waals surface area contributed by atoms with Crippen molar-refractivity contribution in [2.45, 2.75) is 18.7 Å². The molecule has 7 heteroatoms. The van der Waals surface area contributed by atoms with Gasteiger partial charge in [0.25, 0.3) is 0 Å². The Balaban J connectivity index is 2.10. The third kappa shape index (κ3) is 5.04. The number of carbonyl (C=O) groups is 1. The van der Waals surface area contributed by atoms with Crippen molar-refractivity contribution in [2.75, 3.05) is 25.5 Å². The average Bonchev–Trinajstić information content (AvgIpc) is 2.57. The summed E-state index contributed by atoms with van der Waals surface area (Å²) >= 11 is 0. The molecule has 6 nitrogen and oxygen atoms in total. The third-order valence-electron chi connectivity index (χ3n) is 3.61. The minimum Gasteiger partial charge on any atom is -0.492 e. The standard InChI is InChI=1S/C18H22N2O4S/c1-14-9-10-16(19-15(2)21)13-18(14)25(22,23)20(3)11-12-24-17-7-5-4-6-8-17/h4-10,13H,11-12H2,1-3H3,(H,19,21). The van der Waals surface area contributed by atoms with Crippen LogP contribution in [-0.4, -0.2) is 38.8 Å². The molecular formula is C18H22N2O4S. The zero-order chi connectivity index (χ0) is 18.4. The van der Waals surface area contributed by atoms with E-state index in [1.165, 1.54) is 24.3 Å². The number of carbonyl (C=O) groups excluding carboxylic acids is 1. The molecule has 1 N–H and O–H groups in total. The molecule has 0 bridgehead atoms. The van der Waals surface area contributed by atoms with E-state index in [-0.39, 0.29) is 24.0 Å². The van der Waals surface area contributed by atoms with Gasteiger partial charge in [0, 0.05) is 26.2 Å². The lowest BCUT2D eigenvalue weighted by molar-refractivity contribution is -0.114. The van der Waals surface area contributed by atoms with E-state index < -0.39 is 10.0 Å². The molecule has 0 spiro atoms. The van der Waals surface area contributed by atoms with Gasteiger partial charge in [0.2, 0.25) is 15.9 Å². The fourth-order valence-corrected chi connectivity index (χ4v) is 3.66. The summed E-state index contributed by atoms with van der Waals surface area (Å²) in [5, 5.41) is 2.60. The predicted molar refractivity (Wildman–Crippen MR) is 97.2 cm³/mol. The second-order valence-corrected chi connectivity index (χ2v) is 7.66. The highest BCUT2D eigenvalue weighted by atomic mass is 32.2. The lowest BCUT2D eigenvalue weighted by Gasteiger charge is -2.19. The largest absolute Gasteiger partial charge is 0.492 e. The molecule has 0 saturated carbocycles. The molecule has 0 aliphatic heterocycles. The minimum atomic E-state index is -3.68. The number of ether oxygens (including phenoxy) is 1. The van der Waals surface area contributed by atoms with Crippen molar-refractivity contribution in [2.24, 2.45) is 0 Å². The Morgan fingerprint density at radius 1 is 1.16 bits per heavy atom. The number of aryl methyl sites for hydroxylation is 1. The lowest BCUT2D eigenvalue weighted by atomic mass is 10.2. The Kier molecular flexibility index (Phi) is 6.17. The minimum absolute atomic E-state index is 0.168. The van der Waals surface area contributed by atoms with Crippen molar-refractivity contribution in [3.63, 3.8) is 0 Å². The fraction of sp³-hybridized carbons (Fsp3) is 0.278. The Morgan fingerprint density at radius 3 is 2.48 bits per heavy atom. The van der Waals surface area contributed by atoms with Crippen LogP contribution < -0.4 is 10.1 Å². The number of hydrogen-bond donors (Lipinski definition) is 1. The molecule has 1 amide bonds. The van der Waals surface area contributed by atoms with Gasteiger partial charge in [-0.05, 0) is 36.8 Å². The van der Waals surface area contributed by atoms with Crippen LogP contribution in [0.5, 0.6) is 5.75 Å². The summed E-state index contributed by atoms with van der Waals surface area (Å²) in [6.45, 7) is 3.55. The lowest BCUT2D eigenvalue weighted by Crippen LogP contribution is -2.31. The summed E-state index contributed by atoms with van der Waals surface area (Å²) in [6, 6.07) is 14.0. The molecule has 2 rings (SSSR count). The second kappa shape index (κ2) is 8.13. The summed E-state index contributed by atoms with van der Waals surface area (Å²) in [4.78, 5) is 11.3. The molecule has 0 atom stereocenters. The van der Waals surface area contributed by atoms with E-state index in [4.69, 9.17) is 4.74 Å². The van der Waals surface area contributed by atoms with Crippen molar-refractivity contribution in [3.8, 4) is 5.75 Å². The number of amides is 1. The summed E-state index contributed by atoms with van der Waals surface area (Å²) in [7, 11) is -2.17. The molecule has 0 aliphatic carbocycles. The number of para-hydroxylation sites is 1. The van der Waals surface area contributed by atoms with Gasteiger partial charge < -0.3 is 10.1 Å². The Hall–Kier alpha value is -2.38. The first-order valence-corrected chi connectivity index (χ1v) is 9.27. The smallest absolute Gasteiger partial charge is 0.243 e. The summed E-state index contributed by atoms with van der Waals surface area (Å²) < 4.78 is 32.4. The number of hydrogen-bond acceptors (Lipinski definition) is 4. The van der Waals surface area contributed by atoms with E-state index in [0.29, 0.717) is 17.0 Å². The van der Waals surface area contributed by atoms with Gasteiger partial charge in [-0.25, -0.2) is 8.42 Å². The molecule has 0 unspecified atom stereocenters. The highest BCUT2D eigenvalue weighted by molar-refractivity contribution is 7.89. The number of sulfonamides is 1. The molecule has 0 fully saturated rings. The highest BCUT2D eigenvalue weighted by Crippen LogP contribution is 2.23. The van der Waals surface area contributed by atoms with Gasteiger partial charge in [0.05, 0.1) is 4.90 Å². The highest BCUT2D eigenvalue weighted by Gasteiger charge is 2.23. The van der Waals surface area contributed by atoms with E-state index in [9.17, 15) is 13.2 Å². The summed E-state index contributed by atoms with van der Waals surface area (Å²) in [5.74, 6) is 0.439. The zero-order valence-corrected chi connectivity index (χ0v) is 15.3. The summed E-state index contributed by atoms with van der Waals surface area (Å²) in [5.41, 5.74) is 1.07. The van der Waals surface area contributed by atoms with Crippen LogP contribution in [0.25, 0.3) is 0 Å². The predicted octanol–water partition coefficient (Wildman–Crippen LogP) is 2.65. The van der Waals surface area contributed by atoms with Crippen LogP contribution in [0, 0.1) is 6.92 Å². The van der Waals surface area contributed by atoms with E-state index in [0.717, 1.165) is 0 Å². The van der Waals surface area contributed by atoms with Crippen molar-refractivity contribution in [1.82, 2.24) is 4.31 Å². The maximum absolute atomic E-state index is 12.8. The van der Waals surface area contributed by atoms with Gasteiger partial charge in [0.15, 0.2) is 0 Å². The van der Waals surface area contributed by atoms with E-state index in [1.807, 2.05) is 30.3 Å². The molecule has 25 heavy (non-hydrogen) atoms. The van der Waals surface area contributed by atoms with Gasteiger partial charge in [-0.15, -0.1) is 0 Å². The second-order valence-electron chi connectivity index (χ2n) is 5.65. The Morgan fingerprint density at radius 2 is 1.84 bits per heavy atom. The molecule has 0 aliphatic rings. The number of rotatable bonds is 7. The van der Waals surface area contributed by atoms with Gasteiger partial charge in [0.1, 0.15) is 12.4 Å². The van der Waals surface area contributed by atoms with Gasteiger partial charge in [-0.3, -0.25) is 4.79 Å². The van der Waals surface area contributed by atoms with Crippen LogP contribution >= 0.6 is 0 Å². The topological polar surface area (TPSA) is 75.7 Å². The van der Waals surface area contributed by atoms with E-state index in [2.05, 4.69) is 5.32 Å². The Labute approximate surface area is 148 Å². The van der Waals surface area contributed by atoms with Crippen LogP contribution in [-0.2, 0) is 14.8 Å². The number of anilines is 1. The van der Waals surface area contributed by atoms with E-state index >= 15 is 0 Å². The number of nitrogens with zero attached hydrogens (tertiary/aromatic N) is 1. The molecule has 0 heterocycles. The van der Waals surface area contributed by atoms with Gasteiger partial charge in [-0.2, -0.15) is 4.31 Å². The van der Waals surface area contributed by atoms with Crippen LogP contribution in [0.1, 0.15) is 12.5 Å². The molecule has 2 aromatic carbocycles. The van der Waals surface area contributed by atoms with Gasteiger partial charge in [-0.1, -0.05) is 24.3 Å². The van der Waals surface area contributed by atoms with Crippen molar-refractivity contribution >= 4 is 21.6 Å². The Bertz CT molecular complexity index is 835. The van der Waals surface area contributed by atoms with Crippen molar-refractivity contribution < 1.29 is 17.9 Å². The number of likely N-dealkylation sites (N-methyl/N-ethyl adjacent to an activating group) is 1. The molecule has 2 aromatic rings. The maximum Gasteiger partial charge on any atom is 0.243 e. The fourth-order valence-electron chi connectivity index (χ4n) is 2.26.